The number of ether oxygens (including phenoxy) is 8. The van der Waals surface area contributed by atoms with Gasteiger partial charge in [-0.15, -0.1) is 24.8 Å². The maximum atomic E-state index is 13.7. The van der Waals surface area contributed by atoms with Gasteiger partial charge in [0.2, 0.25) is 17.7 Å². The highest BCUT2D eigenvalue weighted by Gasteiger charge is 2.56. The molecule has 8 saturated carbocycles. The molecule has 4 unspecified atom stereocenters. The Morgan fingerprint density at radius 3 is 1.09 bits per heavy atom. The van der Waals surface area contributed by atoms with Gasteiger partial charge in [-0.25, -0.2) is 33.6 Å². The molecule has 12 aliphatic rings. The Labute approximate surface area is 831 Å². The number of nitrogens with one attached hydrogen (secondary N) is 6. The van der Waals surface area contributed by atoms with Crippen molar-refractivity contribution in [1.82, 2.24) is 45.9 Å². The fraction of sp³-hybridized carbons (Fsp3) is 0.686. The van der Waals surface area contributed by atoms with Crippen molar-refractivity contribution in [3.8, 4) is 11.5 Å². The molecule has 2 aromatic carbocycles. The van der Waals surface area contributed by atoms with Gasteiger partial charge >= 0.3 is 48.0 Å². The second kappa shape index (κ2) is 50.0. The van der Waals surface area contributed by atoms with Crippen LogP contribution in [0.2, 0.25) is 0 Å². The van der Waals surface area contributed by atoms with Crippen molar-refractivity contribution in [2.45, 2.75) is 332 Å². The summed E-state index contributed by atoms with van der Waals surface area (Å²) in [6.45, 7) is 13.1. The lowest BCUT2D eigenvalue weighted by Gasteiger charge is -2.37. The highest BCUT2D eigenvalue weighted by molar-refractivity contribution is 6.03. The number of aromatic nitrogens is 2. The number of aliphatic carboxylic acids is 1. The van der Waals surface area contributed by atoms with Gasteiger partial charge in [-0.05, 0) is 254 Å². The number of H-pyrrole nitrogens is 2. The first-order valence-corrected chi connectivity index (χ1v) is 49.4. The first-order chi connectivity index (χ1) is 65.5. The van der Waals surface area contributed by atoms with Gasteiger partial charge in [0.15, 0.2) is 0 Å². The summed E-state index contributed by atoms with van der Waals surface area (Å²) in [5, 5.41) is 31.4. The molecule has 6 heterocycles. The minimum atomic E-state index is -0.969. The van der Waals surface area contributed by atoms with E-state index in [0.29, 0.717) is 106 Å². The van der Waals surface area contributed by atoms with E-state index in [9.17, 15) is 81.8 Å². The smallest absolute Gasteiger partial charge is 0.411 e. The van der Waals surface area contributed by atoms with E-state index in [1.165, 1.54) is 57.5 Å². The lowest BCUT2D eigenvalue weighted by molar-refractivity contribution is -0.147. The molecule has 10 N–H and O–H groups in total. The molecule has 140 heavy (non-hydrogen) atoms. The normalized spacial score (nSPS) is 23.9. The van der Waals surface area contributed by atoms with E-state index in [0.717, 1.165) is 163 Å². The highest BCUT2D eigenvalue weighted by Crippen LogP contribution is 2.54. The van der Waals surface area contributed by atoms with E-state index < -0.39 is 101 Å². The van der Waals surface area contributed by atoms with Crippen molar-refractivity contribution in [1.29, 1.82) is 0 Å². The number of carboxylic acids is 2. The molecule has 776 valence electrons. The Morgan fingerprint density at radius 2 is 0.764 bits per heavy atom. The lowest BCUT2D eigenvalue weighted by atomic mass is 9.67. The number of aromatic carboxylic acids is 1. The molecule has 38 heteroatoms. The largest absolute Gasteiger partial charge is 0.496 e. The standard InChI is InChI=1S/C28H35N3O6.C23H36N2O6.C18H28N2O4.C13H21NO4.C10H9NO3.C10H17NO3.2ClH/c1-36-24-10-5-8-19-18(24)14-20(29-19)26(34)31-16-28(11-6-12-28)15-22(31)25(33)30-21(27(35)37-2)13-17-7-3-4-9-23(17)32;1-22(2,3)31-21(29)25-14-23(10-7-11-23)13-17(25)19(27)24-16(20(28)30-4)12-15-8-5-6-9-18(15)26;1-24-17(23)13(9-12-5-2-3-6-15(12)21)20-16(22)14-10-18(11-19-14)7-4-8-18;1-12(2,3)18-11(17)14-8-13(5-4-6-13)7-9(14)10(15)16;1-14-9-4-2-3-7-6(9)5-8(11-7)10(12)13;1-14-10(13)8(11)6-7-4-2-3-5-9(7)12;;/h5,8,10,14,17,21-22,29H,3-4,6-7,9,11-13,15-16H2,1-2H3,(H,30,33);15-17H,5-14H2,1-4H3,(H,24,27);12-14,19H,2-11H2,1H3,(H,20,22);9H,4-8H2,1-3H3,(H,15,16);2-5,11H,1H3,(H,12,13);7-8H,2-6,11H2,1H3;2*1H/t17-,21-,22?;15-,16-,17?;12-,13-,14?;;;7-,8-;;/m000..0../s1. The number of rotatable bonds is 23. The molecule has 12 atom stereocenters. The lowest BCUT2D eigenvalue weighted by Crippen LogP contribution is -2.52. The number of nitrogens with zero attached hydrogens (tertiary/aromatic N) is 3. The number of esters is 4. The van der Waals surface area contributed by atoms with Crippen molar-refractivity contribution in [2.75, 3.05) is 68.8 Å². The number of carboxylic acid groups (broad SMARTS) is 2. The van der Waals surface area contributed by atoms with Crippen molar-refractivity contribution in [3.63, 3.8) is 0 Å². The van der Waals surface area contributed by atoms with Crippen LogP contribution in [0.4, 0.5) is 9.59 Å². The van der Waals surface area contributed by atoms with E-state index in [1.807, 2.05) is 30.3 Å². The Hall–Kier alpha value is -10.5. The van der Waals surface area contributed by atoms with Crippen LogP contribution >= 0.6 is 24.8 Å². The molecule has 0 radical (unpaired) electrons. The molecule has 4 spiro atoms. The van der Waals surface area contributed by atoms with E-state index in [4.69, 9.17) is 44.0 Å². The van der Waals surface area contributed by atoms with Gasteiger partial charge in [0, 0.05) is 97.3 Å². The van der Waals surface area contributed by atoms with Crippen LogP contribution in [-0.4, -0.2) is 258 Å². The number of Topliss-reactive ketones (excluding diaryl/α,β-unsaturated/α-hetero) is 4. The summed E-state index contributed by atoms with van der Waals surface area (Å²) in [5.74, 6) is -3.68. The van der Waals surface area contributed by atoms with Crippen LogP contribution in [0.5, 0.6) is 11.5 Å². The van der Waals surface area contributed by atoms with Crippen LogP contribution < -0.4 is 36.5 Å². The van der Waals surface area contributed by atoms with Gasteiger partial charge in [0.1, 0.15) is 99.5 Å². The average Bonchev–Trinajstić information content (AvgIpc) is 1.60. The first kappa shape index (κ1) is 113. The van der Waals surface area contributed by atoms with E-state index in [1.54, 1.807) is 78.9 Å². The molecule has 4 aliphatic heterocycles. The zero-order valence-electron chi connectivity index (χ0n) is 83.3. The molecule has 4 aromatic rings. The van der Waals surface area contributed by atoms with Crippen LogP contribution in [0.1, 0.15) is 294 Å². The fourth-order valence-corrected chi connectivity index (χ4v) is 21.9. The topological polar surface area (TPSA) is 503 Å². The number of fused-ring (bicyclic) bond motifs is 2. The molecule has 8 aliphatic carbocycles. The number of ketones is 4. The van der Waals surface area contributed by atoms with Crippen LogP contribution in [0.15, 0.2) is 48.5 Å². The van der Waals surface area contributed by atoms with Gasteiger partial charge in [0.25, 0.3) is 5.91 Å². The summed E-state index contributed by atoms with van der Waals surface area (Å²) in [6, 6.07) is 8.77. The predicted molar refractivity (Wildman–Crippen MR) is 521 cm³/mol. The van der Waals surface area contributed by atoms with Crippen LogP contribution in [0.3, 0.4) is 0 Å². The third kappa shape index (κ3) is 29.2. The maximum Gasteiger partial charge on any atom is 0.411 e. The first-order valence-electron chi connectivity index (χ1n) is 49.4. The number of benzene rings is 2. The average molecular weight is 2000 g/mol. The minimum absolute atomic E-state index is 0. The van der Waals surface area contributed by atoms with Crippen LogP contribution in [-0.2, 0) is 86.0 Å². The molecular weight excluding hydrogens is 1850 g/mol. The van der Waals surface area contributed by atoms with Crippen molar-refractivity contribution in [2.24, 2.45) is 51.1 Å². The summed E-state index contributed by atoms with van der Waals surface area (Å²) in [7, 11) is 8.33. The summed E-state index contributed by atoms with van der Waals surface area (Å²) >= 11 is 0. The number of aromatic amines is 2. The third-order valence-electron chi connectivity index (χ3n) is 30.1. The number of halogens is 2. The second-order valence-electron chi connectivity index (χ2n) is 42.2. The third-order valence-corrected chi connectivity index (χ3v) is 30.1. The number of hydrogen-bond acceptors (Lipinski definition) is 26. The minimum Gasteiger partial charge on any atom is -0.496 e. The molecule has 16 rings (SSSR count). The number of amides is 6. The van der Waals surface area contributed by atoms with Gasteiger partial charge in [-0.3, -0.25) is 53.0 Å². The van der Waals surface area contributed by atoms with E-state index in [-0.39, 0.29) is 136 Å². The van der Waals surface area contributed by atoms with Crippen molar-refractivity contribution < 1.29 is 125 Å². The van der Waals surface area contributed by atoms with Gasteiger partial charge < -0.3 is 90.0 Å². The van der Waals surface area contributed by atoms with Crippen LogP contribution in [0.25, 0.3) is 21.8 Å². The van der Waals surface area contributed by atoms with Crippen molar-refractivity contribution in [3.05, 3.63) is 59.9 Å². The van der Waals surface area contributed by atoms with E-state index in [2.05, 4.69) is 36.0 Å². The summed E-state index contributed by atoms with van der Waals surface area (Å²) < 4.78 is 40.6. The number of likely N-dealkylation sites (tertiary alicyclic amines) is 3. The van der Waals surface area contributed by atoms with E-state index >= 15 is 0 Å². The second-order valence-corrected chi connectivity index (χ2v) is 42.2. The molecular formula is C102H148Cl2N10O26. The number of carbonyl (C=O) groups excluding carboxylic acids is 14. The maximum absolute atomic E-state index is 13.7. The zero-order chi connectivity index (χ0) is 100. The summed E-state index contributed by atoms with van der Waals surface area (Å²) in [5.41, 5.74) is 6.68. The Kier molecular flexibility index (Phi) is 40.4. The monoisotopic (exact) mass is 2000 g/mol. The predicted octanol–water partition coefficient (Wildman–Crippen LogP) is 13.3. The Morgan fingerprint density at radius 1 is 0.429 bits per heavy atom. The fourth-order valence-electron chi connectivity index (χ4n) is 21.9. The molecule has 4 saturated heterocycles. The quantitative estimate of drug-likeness (QED) is 0.0246. The SMILES string of the molecule is CC(C)(C)OC(=O)N1CC2(CCC2)CC1C(=O)O.COC(=O)[C@@H](N)C[C@@H]1CCCCC1=O.COC(=O)[C@H](C[C@@H]1CCCCC1=O)NC(=O)C1CC2(CCC2)CN1.COC(=O)[C@H](C[C@@H]1CCCCC1=O)NC(=O)C1CC2(CCC2)CN1C(=O)OC(C)(C)C.COC(=O)[C@H](C[C@@H]1CCCCC1=O)NC(=O)C1CC2(CCC2)CN1C(=O)c1cc2c(OC)cccc2[nH]1.COc1cccc2[nH]c(C(=O)O)cc12.Cl.Cl. The Balaban J connectivity index is 0.000000194. The number of carbonyl (C=O) groups is 16. The molecule has 0 bridgehead atoms. The molecule has 2 aromatic heterocycles. The number of nitrogens with two attached hydrogens (primary N) is 1. The van der Waals surface area contributed by atoms with Crippen molar-refractivity contribution >= 4 is 141 Å². The number of hydrogen-bond donors (Lipinski definition) is 9. The highest BCUT2D eigenvalue weighted by atomic mass is 35.5. The Bertz CT molecular complexity index is 5060. The summed E-state index contributed by atoms with van der Waals surface area (Å²) in [6.07, 6.45) is 28.6. The van der Waals surface area contributed by atoms with Crippen LogP contribution in [0, 0.1) is 45.3 Å². The van der Waals surface area contributed by atoms with Gasteiger partial charge in [0.05, 0.1) is 48.7 Å². The summed E-state index contributed by atoms with van der Waals surface area (Å²) in [4.78, 5) is 207. The number of methoxy groups -OCH3 is 6. The molecule has 6 amide bonds. The molecule has 12 fully saturated rings. The van der Waals surface area contributed by atoms with Gasteiger partial charge in [-0.2, -0.15) is 0 Å². The molecule has 36 nitrogen and oxygen atoms in total. The zero-order valence-corrected chi connectivity index (χ0v) is 84.9. The van der Waals surface area contributed by atoms with Gasteiger partial charge in [-0.1, -0.05) is 63.5 Å².